The van der Waals surface area contributed by atoms with E-state index in [1.54, 1.807) is 13.0 Å². The summed E-state index contributed by atoms with van der Waals surface area (Å²) in [4.78, 5) is 23.5. The van der Waals surface area contributed by atoms with Gasteiger partial charge >= 0.3 is 11.8 Å². The highest BCUT2D eigenvalue weighted by Gasteiger charge is 2.30. The van der Waals surface area contributed by atoms with Crippen molar-refractivity contribution in [3.8, 4) is 5.75 Å². The Balaban J connectivity index is 1.69. The van der Waals surface area contributed by atoms with Crippen molar-refractivity contribution in [3.63, 3.8) is 0 Å². The fourth-order valence-corrected chi connectivity index (χ4v) is 2.73. The van der Waals surface area contributed by atoms with Gasteiger partial charge in [-0.25, -0.2) is 4.79 Å². The van der Waals surface area contributed by atoms with Crippen LogP contribution >= 0.6 is 11.6 Å². The van der Waals surface area contributed by atoms with E-state index >= 15 is 0 Å². The molecule has 1 aromatic heterocycles. The molecule has 1 heterocycles. The zero-order chi connectivity index (χ0) is 20.5. The monoisotopic (exact) mass is 411 g/mol. The van der Waals surface area contributed by atoms with E-state index in [0.29, 0.717) is 10.9 Å². The van der Waals surface area contributed by atoms with Gasteiger partial charge in [-0.2, -0.15) is 13.2 Å². The van der Waals surface area contributed by atoms with E-state index in [-0.39, 0.29) is 22.0 Å². The van der Waals surface area contributed by atoms with Crippen LogP contribution in [0.1, 0.15) is 11.1 Å². The first-order chi connectivity index (χ1) is 13.1. The molecule has 0 fully saturated rings. The van der Waals surface area contributed by atoms with Gasteiger partial charge in [0, 0.05) is 23.2 Å². The summed E-state index contributed by atoms with van der Waals surface area (Å²) in [7, 11) is 0. The van der Waals surface area contributed by atoms with Crippen LogP contribution in [-0.4, -0.2) is 12.5 Å². The Bertz CT molecular complexity index is 1090. The fraction of sp³-hybridized carbons (Fsp3) is 0.158. The molecule has 0 spiro atoms. The number of anilines is 1. The summed E-state index contributed by atoms with van der Waals surface area (Å²) in [5.74, 6) is -0.466. The standard InChI is InChI=1S/C19H13ClF3NO4/c1-10-6-18(26)28-15-8-16(14(20)7-13(10)15)27-9-17(25)24-12-4-2-11(3-5-12)19(21,22)23/h2-8H,9H2,1H3,(H,24,25). The smallest absolute Gasteiger partial charge is 0.416 e. The number of amides is 1. The number of fused-ring (bicyclic) bond motifs is 1. The first-order valence-corrected chi connectivity index (χ1v) is 8.35. The minimum atomic E-state index is -4.45. The molecule has 9 heteroatoms. The van der Waals surface area contributed by atoms with Crippen LogP contribution < -0.4 is 15.7 Å². The molecule has 0 aliphatic rings. The quantitative estimate of drug-likeness (QED) is 0.627. The number of hydrogen-bond acceptors (Lipinski definition) is 4. The van der Waals surface area contributed by atoms with Crippen LogP contribution in [0.4, 0.5) is 18.9 Å². The summed E-state index contributed by atoms with van der Waals surface area (Å²) in [5, 5.41) is 3.26. The van der Waals surface area contributed by atoms with Gasteiger partial charge < -0.3 is 14.5 Å². The van der Waals surface area contributed by atoms with E-state index < -0.39 is 29.9 Å². The number of nitrogens with one attached hydrogen (secondary N) is 1. The third kappa shape index (κ3) is 4.45. The number of aryl methyl sites for hydroxylation is 1. The molecule has 0 atom stereocenters. The first-order valence-electron chi connectivity index (χ1n) is 7.97. The molecule has 0 unspecified atom stereocenters. The van der Waals surface area contributed by atoms with Crippen molar-refractivity contribution in [2.45, 2.75) is 13.1 Å². The van der Waals surface area contributed by atoms with Gasteiger partial charge in [-0.1, -0.05) is 11.6 Å². The highest BCUT2D eigenvalue weighted by molar-refractivity contribution is 6.32. The summed E-state index contributed by atoms with van der Waals surface area (Å²) < 4.78 is 48.1. The highest BCUT2D eigenvalue weighted by Crippen LogP contribution is 2.31. The summed E-state index contributed by atoms with van der Waals surface area (Å²) >= 11 is 6.14. The molecular formula is C19H13ClF3NO4. The van der Waals surface area contributed by atoms with Crippen molar-refractivity contribution in [2.75, 3.05) is 11.9 Å². The molecule has 2 aromatic carbocycles. The van der Waals surface area contributed by atoms with Gasteiger partial charge in [0.15, 0.2) is 6.61 Å². The van der Waals surface area contributed by atoms with E-state index in [4.69, 9.17) is 20.8 Å². The zero-order valence-corrected chi connectivity index (χ0v) is 15.1. The molecular weight excluding hydrogens is 399 g/mol. The van der Waals surface area contributed by atoms with E-state index in [2.05, 4.69) is 5.32 Å². The van der Waals surface area contributed by atoms with Crippen LogP contribution in [0.2, 0.25) is 5.02 Å². The highest BCUT2D eigenvalue weighted by atomic mass is 35.5. The van der Waals surface area contributed by atoms with Gasteiger partial charge in [0.25, 0.3) is 5.91 Å². The molecule has 1 N–H and O–H groups in total. The molecule has 3 aromatic rings. The summed E-state index contributed by atoms with van der Waals surface area (Å²) in [6.45, 7) is 1.29. The predicted molar refractivity (Wildman–Crippen MR) is 97.8 cm³/mol. The number of carbonyl (C=O) groups excluding carboxylic acids is 1. The Labute approximate surface area is 161 Å². The number of carbonyl (C=O) groups is 1. The van der Waals surface area contributed by atoms with Crippen molar-refractivity contribution in [2.24, 2.45) is 0 Å². The summed E-state index contributed by atoms with van der Waals surface area (Å²) in [5.41, 5.74) is -0.222. The van der Waals surface area contributed by atoms with Gasteiger partial charge in [-0.3, -0.25) is 4.79 Å². The molecule has 0 aliphatic carbocycles. The van der Waals surface area contributed by atoms with Gasteiger partial charge in [-0.15, -0.1) is 0 Å². The maximum Gasteiger partial charge on any atom is 0.416 e. The normalized spacial score (nSPS) is 11.5. The number of rotatable bonds is 4. The van der Waals surface area contributed by atoms with Crippen LogP contribution in [-0.2, 0) is 11.0 Å². The second-order valence-corrected chi connectivity index (χ2v) is 6.35. The molecule has 1 amide bonds. The number of alkyl halides is 3. The van der Waals surface area contributed by atoms with Crippen molar-refractivity contribution >= 4 is 34.2 Å². The van der Waals surface area contributed by atoms with Crippen LogP contribution in [0, 0.1) is 6.92 Å². The molecule has 3 rings (SSSR count). The largest absolute Gasteiger partial charge is 0.482 e. The molecule has 28 heavy (non-hydrogen) atoms. The van der Waals surface area contributed by atoms with E-state index in [1.165, 1.54) is 12.1 Å². The Morgan fingerprint density at radius 2 is 1.86 bits per heavy atom. The molecule has 5 nitrogen and oxygen atoms in total. The lowest BCUT2D eigenvalue weighted by molar-refractivity contribution is -0.137. The van der Waals surface area contributed by atoms with Crippen molar-refractivity contribution in [1.82, 2.24) is 0 Å². The second-order valence-electron chi connectivity index (χ2n) is 5.94. The molecule has 146 valence electrons. The van der Waals surface area contributed by atoms with Gasteiger partial charge in [0.2, 0.25) is 0 Å². The van der Waals surface area contributed by atoms with Gasteiger partial charge in [-0.05, 0) is 42.8 Å². The Morgan fingerprint density at radius 1 is 1.18 bits per heavy atom. The number of halogens is 4. The molecule has 0 saturated carbocycles. The fourth-order valence-electron chi connectivity index (χ4n) is 2.51. The Kier molecular flexibility index (Phi) is 5.33. The SMILES string of the molecule is Cc1cc(=O)oc2cc(OCC(=O)Nc3ccc(C(F)(F)F)cc3)c(Cl)cc12. The number of benzene rings is 2. The second kappa shape index (κ2) is 7.55. The summed E-state index contributed by atoms with van der Waals surface area (Å²) in [6, 6.07) is 8.29. The van der Waals surface area contributed by atoms with E-state index in [0.717, 1.165) is 24.3 Å². The van der Waals surface area contributed by atoms with Crippen LogP contribution in [0.25, 0.3) is 11.0 Å². The first kappa shape index (κ1) is 19.8. The van der Waals surface area contributed by atoms with Crippen molar-refractivity contribution in [3.05, 3.63) is 69.0 Å². The van der Waals surface area contributed by atoms with Crippen LogP contribution in [0.5, 0.6) is 5.75 Å². The molecule has 0 aliphatic heterocycles. The number of ether oxygens (including phenoxy) is 1. The minimum absolute atomic E-state index is 0.130. The van der Waals surface area contributed by atoms with Crippen LogP contribution in [0.15, 0.2) is 51.7 Å². The maximum atomic E-state index is 12.5. The molecule has 0 bridgehead atoms. The Morgan fingerprint density at radius 3 is 2.50 bits per heavy atom. The average molecular weight is 412 g/mol. The third-order valence-corrected chi connectivity index (χ3v) is 4.15. The topological polar surface area (TPSA) is 68.5 Å². The van der Waals surface area contributed by atoms with Gasteiger partial charge in [0.05, 0.1) is 10.6 Å². The predicted octanol–water partition coefficient (Wildman–Crippen LogP) is 4.79. The molecule has 0 radical (unpaired) electrons. The lowest BCUT2D eigenvalue weighted by Gasteiger charge is -2.11. The lowest BCUT2D eigenvalue weighted by Crippen LogP contribution is -2.20. The Hall–Kier alpha value is -3.00. The van der Waals surface area contributed by atoms with Crippen LogP contribution in [0.3, 0.4) is 0 Å². The third-order valence-electron chi connectivity index (χ3n) is 3.86. The molecule has 0 saturated heterocycles. The lowest BCUT2D eigenvalue weighted by atomic mass is 10.1. The van der Waals surface area contributed by atoms with E-state index in [9.17, 15) is 22.8 Å². The summed E-state index contributed by atoms with van der Waals surface area (Å²) in [6.07, 6.45) is -4.45. The minimum Gasteiger partial charge on any atom is -0.482 e. The zero-order valence-electron chi connectivity index (χ0n) is 14.4. The van der Waals surface area contributed by atoms with Crippen molar-refractivity contribution < 1.29 is 27.1 Å². The average Bonchev–Trinajstić information content (AvgIpc) is 2.60. The van der Waals surface area contributed by atoms with Crippen molar-refractivity contribution in [1.29, 1.82) is 0 Å². The van der Waals surface area contributed by atoms with E-state index in [1.807, 2.05) is 0 Å². The van der Waals surface area contributed by atoms with Gasteiger partial charge in [0.1, 0.15) is 11.3 Å². The maximum absolute atomic E-state index is 12.5. The number of hydrogen-bond donors (Lipinski definition) is 1.